The maximum absolute atomic E-state index is 11.5. The fraction of sp³-hybridized carbons (Fsp3) is 0.929. The molecule has 0 saturated heterocycles. The number of nitrogens with one attached hydrogen (secondary N) is 1. The summed E-state index contributed by atoms with van der Waals surface area (Å²) in [6.45, 7) is 7.36. The zero-order valence-corrected chi connectivity index (χ0v) is 13.2. The molecule has 0 heterocycles. The third-order valence-corrected chi connectivity index (χ3v) is 3.45. The van der Waals surface area contributed by atoms with Crippen molar-refractivity contribution in [3.8, 4) is 0 Å². The van der Waals surface area contributed by atoms with Crippen LogP contribution < -0.4 is 5.32 Å². The van der Waals surface area contributed by atoms with Crippen LogP contribution in [0.1, 0.15) is 65.7 Å². The number of halogens is 1. The van der Waals surface area contributed by atoms with Crippen LogP contribution in [0.4, 0.5) is 0 Å². The molecule has 0 saturated carbocycles. The molecule has 0 radical (unpaired) electrons. The van der Waals surface area contributed by atoms with Gasteiger partial charge in [0.1, 0.15) is 0 Å². The molecule has 1 unspecified atom stereocenters. The molecule has 0 aromatic carbocycles. The van der Waals surface area contributed by atoms with Crippen LogP contribution in [0.25, 0.3) is 0 Å². The number of amides is 1. The first-order chi connectivity index (χ1) is 8.06. The van der Waals surface area contributed by atoms with Crippen molar-refractivity contribution in [3.05, 3.63) is 0 Å². The number of carbonyl (C=O) groups excluding carboxylic acids is 1. The van der Waals surface area contributed by atoms with E-state index in [1.54, 1.807) is 0 Å². The van der Waals surface area contributed by atoms with Crippen LogP contribution in [0.5, 0.6) is 0 Å². The summed E-state index contributed by atoms with van der Waals surface area (Å²) in [5.41, 5.74) is 0. The average molecular weight is 306 g/mol. The van der Waals surface area contributed by atoms with Crippen molar-refractivity contribution < 1.29 is 4.79 Å². The molecule has 2 nitrogen and oxygen atoms in total. The number of hydrogen-bond donors (Lipinski definition) is 1. The molecular weight excluding hydrogens is 278 g/mol. The van der Waals surface area contributed by atoms with Gasteiger partial charge in [-0.25, -0.2) is 0 Å². The lowest BCUT2D eigenvalue weighted by atomic mass is 10.1. The van der Waals surface area contributed by atoms with E-state index < -0.39 is 0 Å². The maximum Gasteiger partial charge on any atom is 0.220 e. The lowest BCUT2D eigenvalue weighted by Gasteiger charge is -2.13. The standard InChI is InChI=1S/C14H28BrNO/c1-4-5-6-7-8-9-14(17)16-11-13(15)10-12(2)3/h12-13H,4-11H2,1-3H3,(H,16,17). The van der Waals surface area contributed by atoms with Crippen molar-refractivity contribution in [1.29, 1.82) is 0 Å². The number of alkyl halides is 1. The van der Waals surface area contributed by atoms with E-state index in [2.05, 4.69) is 42.0 Å². The van der Waals surface area contributed by atoms with Gasteiger partial charge in [0.25, 0.3) is 0 Å². The minimum Gasteiger partial charge on any atom is -0.355 e. The molecule has 0 aliphatic rings. The Morgan fingerprint density at radius 1 is 1.18 bits per heavy atom. The Morgan fingerprint density at radius 3 is 2.41 bits per heavy atom. The monoisotopic (exact) mass is 305 g/mol. The summed E-state index contributed by atoms with van der Waals surface area (Å²) in [5.74, 6) is 0.875. The van der Waals surface area contributed by atoms with Crippen molar-refractivity contribution >= 4 is 21.8 Å². The smallest absolute Gasteiger partial charge is 0.220 e. The predicted octanol–water partition coefficient (Wildman–Crippen LogP) is 4.27. The van der Waals surface area contributed by atoms with E-state index in [1.807, 2.05) is 0 Å². The molecule has 1 N–H and O–H groups in total. The van der Waals surface area contributed by atoms with Gasteiger partial charge in [-0.2, -0.15) is 0 Å². The quantitative estimate of drug-likeness (QED) is 0.474. The maximum atomic E-state index is 11.5. The molecule has 0 spiro atoms. The van der Waals surface area contributed by atoms with E-state index in [1.165, 1.54) is 25.7 Å². The molecule has 0 aliphatic carbocycles. The molecule has 0 bridgehead atoms. The highest BCUT2D eigenvalue weighted by Gasteiger charge is 2.08. The molecule has 0 aromatic heterocycles. The van der Waals surface area contributed by atoms with E-state index in [4.69, 9.17) is 0 Å². The molecule has 0 rings (SSSR count). The molecule has 0 aliphatic heterocycles. The first-order valence-electron chi connectivity index (χ1n) is 6.97. The van der Waals surface area contributed by atoms with Crippen molar-refractivity contribution in [2.24, 2.45) is 5.92 Å². The fourth-order valence-electron chi connectivity index (χ4n) is 1.80. The molecular formula is C14H28BrNO. The van der Waals surface area contributed by atoms with Crippen LogP contribution >= 0.6 is 15.9 Å². The Hall–Kier alpha value is -0.0500. The van der Waals surface area contributed by atoms with Gasteiger partial charge in [-0.05, 0) is 18.8 Å². The van der Waals surface area contributed by atoms with Crippen LogP contribution in [0.3, 0.4) is 0 Å². The van der Waals surface area contributed by atoms with E-state index in [0.717, 1.165) is 19.4 Å². The van der Waals surface area contributed by atoms with Gasteiger partial charge >= 0.3 is 0 Å². The summed E-state index contributed by atoms with van der Waals surface area (Å²) in [7, 11) is 0. The lowest BCUT2D eigenvalue weighted by molar-refractivity contribution is -0.121. The molecule has 1 atom stereocenters. The summed E-state index contributed by atoms with van der Waals surface area (Å²) in [6, 6.07) is 0. The van der Waals surface area contributed by atoms with Crippen molar-refractivity contribution in [2.45, 2.75) is 70.5 Å². The number of hydrogen-bond acceptors (Lipinski definition) is 1. The zero-order valence-electron chi connectivity index (χ0n) is 11.6. The largest absolute Gasteiger partial charge is 0.355 e. The second-order valence-electron chi connectivity index (χ2n) is 5.20. The fourth-order valence-corrected chi connectivity index (χ4v) is 2.71. The van der Waals surface area contributed by atoms with E-state index in [-0.39, 0.29) is 5.91 Å². The summed E-state index contributed by atoms with van der Waals surface area (Å²) < 4.78 is 0. The number of carbonyl (C=O) groups is 1. The van der Waals surface area contributed by atoms with Crippen molar-refractivity contribution in [1.82, 2.24) is 5.32 Å². The normalized spacial score (nSPS) is 12.8. The van der Waals surface area contributed by atoms with E-state index in [0.29, 0.717) is 17.2 Å². The molecule has 3 heteroatoms. The first kappa shape index (κ1) is 16.9. The second kappa shape index (κ2) is 11.1. The molecule has 0 fully saturated rings. The summed E-state index contributed by atoms with van der Waals surface area (Å²) in [6.07, 6.45) is 7.82. The number of rotatable bonds is 10. The number of unbranched alkanes of at least 4 members (excludes halogenated alkanes) is 4. The lowest BCUT2D eigenvalue weighted by Crippen LogP contribution is -2.29. The van der Waals surface area contributed by atoms with Crippen LogP contribution in [-0.2, 0) is 4.79 Å². The average Bonchev–Trinajstić information content (AvgIpc) is 2.25. The summed E-state index contributed by atoms with van der Waals surface area (Å²) >= 11 is 3.59. The van der Waals surface area contributed by atoms with Crippen molar-refractivity contribution in [2.75, 3.05) is 6.54 Å². The van der Waals surface area contributed by atoms with Gasteiger partial charge in [0, 0.05) is 17.8 Å². The van der Waals surface area contributed by atoms with Crippen LogP contribution in [0.15, 0.2) is 0 Å². The molecule has 0 aromatic rings. The van der Waals surface area contributed by atoms with Crippen LogP contribution in [0, 0.1) is 5.92 Å². The van der Waals surface area contributed by atoms with Gasteiger partial charge in [-0.15, -0.1) is 0 Å². The first-order valence-corrected chi connectivity index (χ1v) is 7.88. The van der Waals surface area contributed by atoms with Crippen LogP contribution in [-0.4, -0.2) is 17.3 Å². The molecule has 1 amide bonds. The predicted molar refractivity (Wildman–Crippen MR) is 78.6 cm³/mol. The highest BCUT2D eigenvalue weighted by atomic mass is 79.9. The Morgan fingerprint density at radius 2 is 1.82 bits per heavy atom. The Bertz CT molecular complexity index is 195. The van der Waals surface area contributed by atoms with E-state index in [9.17, 15) is 4.79 Å². The van der Waals surface area contributed by atoms with E-state index >= 15 is 0 Å². The SMILES string of the molecule is CCCCCCCC(=O)NCC(Br)CC(C)C. The highest BCUT2D eigenvalue weighted by molar-refractivity contribution is 9.09. The summed E-state index contributed by atoms with van der Waals surface area (Å²) in [5, 5.41) is 2.99. The Labute approximate surface area is 115 Å². The Kier molecular flexibility index (Phi) is 11.0. The highest BCUT2D eigenvalue weighted by Crippen LogP contribution is 2.11. The molecule has 17 heavy (non-hydrogen) atoms. The van der Waals surface area contributed by atoms with Gasteiger partial charge in [-0.3, -0.25) is 4.79 Å². The topological polar surface area (TPSA) is 29.1 Å². The Balaban J connectivity index is 3.40. The third-order valence-electron chi connectivity index (χ3n) is 2.76. The zero-order chi connectivity index (χ0) is 13.1. The van der Waals surface area contributed by atoms with Gasteiger partial charge < -0.3 is 5.32 Å². The second-order valence-corrected chi connectivity index (χ2v) is 6.49. The van der Waals surface area contributed by atoms with Gasteiger partial charge in [0.2, 0.25) is 5.91 Å². The summed E-state index contributed by atoms with van der Waals surface area (Å²) in [4.78, 5) is 11.9. The minimum atomic E-state index is 0.203. The van der Waals surface area contributed by atoms with Gasteiger partial charge in [0.15, 0.2) is 0 Å². The van der Waals surface area contributed by atoms with Crippen LogP contribution in [0.2, 0.25) is 0 Å². The van der Waals surface area contributed by atoms with Crippen molar-refractivity contribution in [3.63, 3.8) is 0 Å². The minimum absolute atomic E-state index is 0.203. The van der Waals surface area contributed by atoms with Gasteiger partial charge in [-0.1, -0.05) is 62.4 Å². The van der Waals surface area contributed by atoms with Gasteiger partial charge in [0.05, 0.1) is 0 Å². The third kappa shape index (κ3) is 12.2. The molecule has 102 valence electrons.